The number of hydrogen-bond donors (Lipinski definition) is 3. The fourth-order valence-electron chi connectivity index (χ4n) is 3.72. The molecule has 0 unspecified atom stereocenters. The molecule has 206 valence electrons. The van der Waals surface area contributed by atoms with Gasteiger partial charge in [0.1, 0.15) is 17.1 Å². The first-order chi connectivity index (χ1) is 18.3. The average Bonchev–Trinajstić information content (AvgIpc) is 3.45. The van der Waals surface area contributed by atoms with Crippen LogP contribution in [0.2, 0.25) is 10.0 Å². The number of carbonyl (C=O) groups is 2. The minimum atomic E-state index is -5.02. The third kappa shape index (κ3) is 5.67. The second kappa shape index (κ2) is 10.4. The van der Waals surface area contributed by atoms with Crippen molar-refractivity contribution < 1.29 is 32.3 Å². The Labute approximate surface area is 227 Å². The lowest BCUT2D eigenvalue weighted by atomic mass is 10.2. The Kier molecular flexibility index (Phi) is 7.56. The van der Waals surface area contributed by atoms with Gasteiger partial charge in [0.15, 0.2) is 0 Å². The van der Waals surface area contributed by atoms with Crippen molar-refractivity contribution in [2.24, 2.45) is 12.8 Å². The van der Waals surface area contributed by atoms with Crippen LogP contribution in [0.15, 0.2) is 36.4 Å². The Morgan fingerprint density at radius 1 is 1.18 bits per heavy atom. The molecule has 0 atom stereocenters. The van der Waals surface area contributed by atoms with Crippen LogP contribution in [0.4, 0.5) is 17.6 Å². The van der Waals surface area contributed by atoms with Crippen molar-refractivity contribution in [2.75, 3.05) is 0 Å². The SMILES string of the molecule is Cn1nnc(-c2c(Cl)c3cc(Cl)ccc3n2-c2ccc(CN)c(F)c2)n1.O=C(NC1(C(=O)O)CC1)C(F)(F)F. The number of carboxylic acids is 1. The van der Waals surface area contributed by atoms with Crippen molar-refractivity contribution in [2.45, 2.75) is 31.1 Å². The van der Waals surface area contributed by atoms with Crippen molar-refractivity contribution in [3.8, 4) is 17.2 Å². The molecule has 0 spiro atoms. The van der Waals surface area contributed by atoms with Crippen LogP contribution in [0.25, 0.3) is 28.1 Å². The summed E-state index contributed by atoms with van der Waals surface area (Å²) < 4.78 is 51.1. The molecule has 1 fully saturated rings. The second-order valence-corrected chi connectivity index (χ2v) is 9.40. The predicted octanol–water partition coefficient (Wildman–Crippen LogP) is 4.01. The van der Waals surface area contributed by atoms with E-state index in [1.165, 1.54) is 16.2 Å². The highest BCUT2D eigenvalue weighted by molar-refractivity contribution is 6.39. The first-order valence-electron chi connectivity index (χ1n) is 11.1. The number of tetrazole rings is 1. The molecule has 4 N–H and O–H groups in total. The highest BCUT2D eigenvalue weighted by Gasteiger charge is 2.55. The van der Waals surface area contributed by atoms with Crippen LogP contribution in [0, 0.1) is 5.82 Å². The van der Waals surface area contributed by atoms with Crippen molar-refractivity contribution in [1.29, 1.82) is 0 Å². The van der Waals surface area contributed by atoms with Crippen LogP contribution in [0.5, 0.6) is 0 Å². The summed E-state index contributed by atoms with van der Waals surface area (Å²) in [4.78, 5) is 22.0. The highest BCUT2D eigenvalue weighted by Crippen LogP contribution is 2.39. The lowest BCUT2D eigenvalue weighted by Gasteiger charge is -2.13. The topological polar surface area (TPSA) is 141 Å². The average molecular weight is 588 g/mol. The van der Waals surface area contributed by atoms with E-state index in [1.807, 2.05) is 6.07 Å². The number of aryl methyl sites for hydroxylation is 1. The maximum absolute atomic E-state index is 14.4. The number of carbonyl (C=O) groups excluding carboxylic acids is 1. The molecule has 39 heavy (non-hydrogen) atoms. The van der Waals surface area contributed by atoms with Crippen LogP contribution in [-0.2, 0) is 23.2 Å². The molecule has 1 amide bonds. The summed E-state index contributed by atoms with van der Waals surface area (Å²) in [7, 11) is 1.66. The van der Waals surface area contributed by atoms with Gasteiger partial charge in [0.2, 0.25) is 5.82 Å². The fraction of sp³-hybridized carbons (Fsp3) is 0.261. The molecule has 1 aliphatic rings. The number of alkyl halides is 3. The van der Waals surface area contributed by atoms with Gasteiger partial charge in [-0.05, 0) is 48.4 Å². The molecule has 1 saturated carbocycles. The van der Waals surface area contributed by atoms with E-state index in [2.05, 4.69) is 15.4 Å². The van der Waals surface area contributed by atoms with Gasteiger partial charge in [0, 0.05) is 28.2 Å². The number of amides is 1. The Morgan fingerprint density at radius 2 is 1.87 bits per heavy atom. The number of nitrogens with two attached hydrogens (primary N) is 1. The molecule has 2 heterocycles. The summed E-state index contributed by atoms with van der Waals surface area (Å²) in [6.07, 6.45) is -4.93. The molecule has 2 aromatic carbocycles. The van der Waals surface area contributed by atoms with Gasteiger partial charge in [0.25, 0.3) is 0 Å². The molecule has 0 aliphatic heterocycles. The normalized spacial score (nSPS) is 14.1. The second-order valence-electron chi connectivity index (χ2n) is 8.58. The maximum Gasteiger partial charge on any atom is 0.471 e. The summed E-state index contributed by atoms with van der Waals surface area (Å²) >= 11 is 12.7. The van der Waals surface area contributed by atoms with Crippen LogP contribution >= 0.6 is 23.2 Å². The minimum absolute atomic E-state index is 0.0458. The first kappa shape index (κ1) is 28.3. The number of rotatable bonds is 5. The number of hydrogen-bond acceptors (Lipinski definition) is 6. The van der Waals surface area contributed by atoms with E-state index in [4.69, 9.17) is 34.0 Å². The smallest absolute Gasteiger partial charge is 0.471 e. The number of fused-ring (bicyclic) bond motifs is 1. The number of halogens is 6. The van der Waals surface area contributed by atoms with Gasteiger partial charge < -0.3 is 20.7 Å². The molecule has 0 radical (unpaired) electrons. The summed E-state index contributed by atoms with van der Waals surface area (Å²) in [6.45, 7) is 0.119. The van der Waals surface area contributed by atoms with Gasteiger partial charge in [0.05, 0.1) is 17.6 Å². The van der Waals surface area contributed by atoms with Gasteiger partial charge >= 0.3 is 18.1 Å². The van der Waals surface area contributed by atoms with Crippen molar-refractivity contribution >= 4 is 46.0 Å². The standard InChI is InChI=1S/C17H13Cl2FN6.C6H6F3NO3/c1-25-23-17(22-24-25)16-15(19)12-6-10(18)3-5-14(12)26(16)11-4-2-9(8-21)13(20)7-11;7-6(8,9)3(11)10-5(1-2-5)4(12)13/h2-7H,8,21H2,1H3;1-2H2,(H,10,11)(H,12,13). The monoisotopic (exact) mass is 587 g/mol. The van der Waals surface area contributed by atoms with Crippen LogP contribution < -0.4 is 11.1 Å². The van der Waals surface area contributed by atoms with Crippen LogP contribution in [-0.4, -0.2) is 53.5 Å². The van der Waals surface area contributed by atoms with E-state index in [9.17, 15) is 27.2 Å². The number of carboxylic acid groups (broad SMARTS) is 1. The molecule has 1 aliphatic carbocycles. The molecular weight excluding hydrogens is 569 g/mol. The number of aliphatic carboxylic acids is 1. The molecular formula is C23H19Cl2F4N7O3. The van der Waals surface area contributed by atoms with E-state index < -0.39 is 29.4 Å². The largest absolute Gasteiger partial charge is 0.480 e. The van der Waals surface area contributed by atoms with Crippen molar-refractivity contribution in [3.63, 3.8) is 0 Å². The van der Waals surface area contributed by atoms with Crippen LogP contribution in [0.3, 0.4) is 0 Å². The van der Waals surface area contributed by atoms with Gasteiger partial charge in [-0.2, -0.15) is 18.0 Å². The molecule has 5 rings (SSSR count). The van der Waals surface area contributed by atoms with E-state index >= 15 is 0 Å². The quantitative estimate of drug-likeness (QED) is 0.299. The van der Waals surface area contributed by atoms with Gasteiger partial charge in [-0.1, -0.05) is 29.3 Å². The summed E-state index contributed by atoms with van der Waals surface area (Å²) in [6, 6.07) is 10.1. The maximum atomic E-state index is 14.4. The van der Waals surface area contributed by atoms with Crippen molar-refractivity contribution in [1.82, 2.24) is 30.1 Å². The lowest BCUT2D eigenvalue weighted by molar-refractivity contribution is -0.176. The number of nitrogens with zero attached hydrogens (tertiary/aromatic N) is 5. The Hall–Kier alpha value is -3.75. The third-order valence-corrected chi connectivity index (χ3v) is 6.49. The van der Waals surface area contributed by atoms with Gasteiger partial charge in [-0.15, -0.1) is 10.2 Å². The zero-order chi connectivity index (χ0) is 28.7. The van der Waals surface area contributed by atoms with E-state index in [0.717, 1.165) is 5.52 Å². The molecule has 10 nitrogen and oxygen atoms in total. The molecule has 16 heteroatoms. The zero-order valence-corrected chi connectivity index (χ0v) is 21.4. The summed E-state index contributed by atoms with van der Waals surface area (Å²) in [5.41, 5.74) is 6.15. The molecule has 4 aromatic rings. The van der Waals surface area contributed by atoms with Gasteiger partial charge in [-0.25, -0.2) is 9.18 Å². The van der Waals surface area contributed by atoms with E-state index in [1.54, 1.807) is 35.9 Å². The summed E-state index contributed by atoms with van der Waals surface area (Å²) in [5.74, 6) is -3.69. The number of benzene rings is 2. The lowest BCUT2D eigenvalue weighted by Crippen LogP contribution is -2.48. The predicted molar refractivity (Wildman–Crippen MR) is 133 cm³/mol. The summed E-state index contributed by atoms with van der Waals surface area (Å²) in [5, 5.41) is 23.7. The number of aromatic nitrogens is 5. The molecule has 2 aromatic heterocycles. The van der Waals surface area contributed by atoms with Gasteiger partial charge in [-0.3, -0.25) is 4.79 Å². The Bertz CT molecular complexity index is 1580. The highest BCUT2D eigenvalue weighted by atomic mass is 35.5. The zero-order valence-electron chi connectivity index (χ0n) is 19.9. The molecule has 0 bridgehead atoms. The van der Waals surface area contributed by atoms with E-state index in [0.29, 0.717) is 38.2 Å². The Morgan fingerprint density at radius 3 is 2.38 bits per heavy atom. The van der Waals surface area contributed by atoms with Crippen molar-refractivity contribution in [3.05, 3.63) is 57.8 Å². The van der Waals surface area contributed by atoms with Crippen LogP contribution in [0.1, 0.15) is 18.4 Å². The fourth-order valence-corrected chi connectivity index (χ4v) is 4.21. The first-order valence-corrected chi connectivity index (χ1v) is 11.9. The Balaban J connectivity index is 0.000000229. The van der Waals surface area contributed by atoms with E-state index in [-0.39, 0.29) is 19.4 Å². The molecule has 0 saturated heterocycles. The number of nitrogens with one attached hydrogen (secondary N) is 1. The third-order valence-electron chi connectivity index (χ3n) is 5.87. The minimum Gasteiger partial charge on any atom is -0.480 e.